The van der Waals surface area contributed by atoms with Gasteiger partial charge in [0.2, 0.25) is 5.91 Å². The van der Waals surface area contributed by atoms with Gasteiger partial charge in [-0.05, 0) is 35.5 Å². The number of hydrogen-bond donors (Lipinski definition) is 2. The monoisotopic (exact) mass is 420 g/mol. The van der Waals surface area contributed by atoms with Crippen molar-refractivity contribution in [2.75, 3.05) is 13.1 Å². The van der Waals surface area contributed by atoms with Crippen LogP contribution < -0.4 is 5.32 Å². The van der Waals surface area contributed by atoms with E-state index in [1.54, 1.807) is 6.08 Å². The van der Waals surface area contributed by atoms with Crippen LogP contribution in [0.5, 0.6) is 0 Å². The molecule has 3 aromatic rings. The van der Waals surface area contributed by atoms with Gasteiger partial charge in [0, 0.05) is 25.9 Å². The van der Waals surface area contributed by atoms with Crippen molar-refractivity contribution in [2.24, 2.45) is 0 Å². The van der Waals surface area contributed by atoms with Gasteiger partial charge in [-0.2, -0.15) is 0 Å². The van der Waals surface area contributed by atoms with Crippen molar-refractivity contribution < 1.29 is 14.4 Å². The van der Waals surface area contributed by atoms with Crippen molar-refractivity contribution in [3.63, 3.8) is 0 Å². The molecular formula is C22H20N4O3S. The summed E-state index contributed by atoms with van der Waals surface area (Å²) in [7, 11) is 0. The third kappa shape index (κ3) is 4.60. The van der Waals surface area contributed by atoms with Crippen LogP contribution in [-0.4, -0.2) is 45.0 Å². The van der Waals surface area contributed by atoms with Crippen molar-refractivity contribution in [1.82, 2.24) is 20.2 Å². The first-order chi connectivity index (χ1) is 14.6. The minimum atomic E-state index is -0.328. The predicted molar refractivity (Wildman–Crippen MR) is 117 cm³/mol. The Hall–Kier alpha value is -3.39. The maximum atomic E-state index is 12.5. The fraction of sp³-hybridized carbons (Fsp3) is 0.182. The zero-order chi connectivity index (χ0) is 20.9. The molecule has 1 aliphatic heterocycles. The van der Waals surface area contributed by atoms with Gasteiger partial charge in [0.25, 0.3) is 11.1 Å². The van der Waals surface area contributed by atoms with E-state index in [0.29, 0.717) is 11.3 Å². The zero-order valence-corrected chi connectivity index (χ0v) is 16.9. The van der Waals surface area contributed by atoms with Crippen LogP contribution in [0.1, 0.15) is 17.8 Å². The molecule has 7 nitrogen and oxygen atoms in total. The van der Waals surface area contributed by atoms with E-state index in [-0.39, 0.29) is 36.6 Å². The number of H-pyrrole nitrogens is 1. The summed E-state index contributed by atoms with van der Waals surface area (Å²) in [5, 5.41) is 2.44. The summed E-state index contributed by atoms with van der Waals surface area (Å²) >= 11 is 0.918. The summed E-state index contributed by atoms with van der Waals surface area (Å²) in [6.07, 6.45) is 2.47. The van der Waals surface area contributed by atoms with E-state index in [4.69, 9.17) is 0 Å². The molecule has 3 amide bonds. The predicted octanol–water partition coefficient (Wildman–Crippen LogP) is 3.35. The van der Waals surface area contributed by atoms with Crippen molar-refractivity contribution in [3.05, 3.63) is 70.9 Å². The Kier molecular flexibility index (Phi) is 5.94. The van der Waals surface area contributed by atoms with E-state index in [2.05, 4.69) is 15.3 Å². The Morgan fingerprint density at radius 3 is 2.67 bits per heavy atom. The molecule has 1 fully saturated rings. The van der Waals surface area contributed by atoms with Gasteiger partial charge in [-0.25, -0.2) is 4.98 Å². The summed E-state index contributed by atoms with van der Waals surface area (Å²) in [5.74, 6) is 0.274. The fourth-order valence-electron chi connectivity index (χ4n) is 3.14. The number of imide groups is 1. The quantitative estimate of drug-likeness (QED) is 0.572. The van der Waals surface area contributed by atoms with Crippen molar-refractivity contribution in [2.45, 2.75) is 12.8 Å². The van der Waals surface area contributed by atoms with Crippen LogP contribution in [0.3, 0.4) is 0 Å². The number of fused-ring (bicyclic) bond motifs is 1. The molecule has 0 saturated carbocycles. The van der Waals surface area contributed by atoms with Gasteiger partial charge in [0.05, 0.1) is 15.9 Å². The average Bonchev–Trinajstić information content (AvgIpc) is 3.28. The fourth-order valence-corrected chi connectivity index (χ4v) is 4.01. The molecule has 4 rings (SSSR count). The van der Waals surface area contributed by atoms with Gasteiger partial charge in [-0.3, -0.25) is 19.3 Å². The molecule has 0 unspecified atom stereocenters. The third-order valence-corrected chi connectivity index (χ3v) is 5.56. The number of aromatic amines is 1. The second-order valence-corrected chi connectivity index (χ2v) is 7.79. The number of aryl methyl sites for hydroxylation is 1. The highest BCUT2D eigenvalue weighted by Crippen LogP contribution is 2.31. The minimum absolute atomic E-state index is 0.146. The van der Waals surface area contributed by atoms with Gasteiger partial charge < -0.3 is 10.3 Å². The molecule has 0 aliphatic carbocycles. The lowest BCUT2D eigenvalue weighted by molar-refractivity contribution is -0.124. The van der Waals surface area contributed by atoms with Gasteiger partial charge in [-0.1, -0.05) is 42.5 Å². The molecule has 2 heterocycles. The van der Waals surface area contributed by atoms with Crippen molar-refractivity contribution >= 4 is 45.9 Å². The maximum Gasteiger partial charge on any atom is 0.293 e. The van der Waals surface area contributed by atoms with E-state index in [1.165, 1.54) is 4.90 Å². The molecule has 2 aromatic carbocycles. The Morgan fingerprint density at radius 2 is 1.87 bits per heavy atom. The molecule has 1 aromatic heterocycles. The van der Waals surface area contributed by atoms with E-state index in [1.807, 2.05) is 54.6 Å². The summed E-state index contributed by atoms with van der Waals surface area (Å²) in [6.45, 7) is 0.364. The van der Waals surface area contributed by atoms with Crippen LogP contribution in [-0.2, 0) is 16.0 Å². The van der Waals surface area contributed by atoms with Crippen LogP contribution in [0.25, 0.3) is 17.1 Å². The second-order valence-electron chi connectivity index (χ2n) is 6.79. The highest BCUT2D eigenvalue weighted by Gasteiger charge is 2.34. The zero-order valence-electron chi connectivity index (χ0n) is 16.1. The summed E-state index contributed by atoms with van der Waals surface area (Å²) < 4.78 is 0. The number of para-hydroxylation sites is 2. The van der Waals surface area contributed by atoms with Crippen molar-refractivity contribution in [1.29, 1.82) is 0 Å². The average molecular weight is 420 g/mol. The number of benzene rings is 2. The Bertz CT molecular complexity index is 1090. The van der Waals surface area contributed by atoms with Crippen LogP contribution in [0.15, 0.2) is 59.5 Å². The standard InChI is InChI=1S/C22H20N4O3S/c27-20(11-10-19-24-16-8-4-5-9-17(16)25-19)23-12-13-26-21(28)18(30-22(26)29)14-15-6-2-1-3-7-15/h1-9,14H,10-13H2,(H,23,27)(H,24,25)/b18-14-. The first kappa shape index (κ1) is 19.9. The van der Waals surface area contributed by atoms with Crippen LogP contribution in [0, 0.1) is 0 Å². The highest BCUT2D eigenvalue weighted by molar-refractivity contribution is 8.18. The normalized spacial score (nSPS) is 15.3. The van der Waals surface area contributed by atoms with E-state index >= 15 is 0 Å². The summed E-state index contributed by atoms with van der Waals surface area (Å²) in [6, 6.07) is 17.1. The number of hydrogen-bond acceptors (Lipinski definition) is 5. The number of thioether (sulfide) groups is 1. The summed E-state index contributed by atoms with van der Waals surface area (Å²) in [5.41, 5.74) is 2.67. The number of carbonyl (C=O) groups excluding carboxylic acids is 3. The molecule has 0 bridgehead atoms. The van der Waals surface area contributed by atoms with Crippen LogP contribution >= 0.6 is 11.8 Å². The molecular weight excluding hydrogens is 400 g/mol. The molecule has 0 radical (unpaired) electrons. The lowest BCUT2D eigenvalue weighted by atomic mass is 10.2. The van der Waals surface area contributed by atoms with E-state index < -0.39 is 0 Å². The Labute approximate surface area is 177 Å². The molecule has 30 heavy (non-hydrogen) atoms. The van der Waals surface area contributed by atoms with Gasteiger partial charge in [-0.15, -0.1) is 0 Å². The smallest absolute Gasteiger partial charge is 0.293 e. The number of rotatable bonds is 7. The molecule has 8 heteroatoms. The molecule has 1 saturated heterocycles. The van der Waals surface area contributed by atoms with E-state index in [9.17, 15) is 14.4 Å². The van der Waals surface area contributed by atoms with Crippen LogP contribution in [0.4, 0.5) is 4.79 Å². The minimum Gasteiger partial charge on any atom is -0.354 e. The lowest BCUT2D eigenvalue weighted by Crippen LogP contribution is -2.37. The first-order valence-corrected chi connectivity index (χ1v) is 10.4. The highest BCUT2D eigenvalue weighted by atomic mass is 32.2. The topological polar surface area (TPSA) is 95.2 Å². The van der Waals surface area contributed by atoms with Gasteiger partial charge >= 0.3 is 0 Å². The number of carbonyl (C=O) groups is 3. The second kappa shape index (κ2) is 8.96. The largest absolute Gasteiger partial charge is 0.354 e. The number of aromatic nitrogens is 2. The number of imidazole rings is 1. The number of amides is 3. The van der Waals surface area contributed by atoms with Crippen molar-refractivity contribution in [3.8, 4) is 0 Å². The Morgan fingerprint density at radius 1 is 1.10 bits per heavy atom. The Balaban J connectivity index is 1.25. The molecule has 2 N–H and O–H groups in total. The summed E-state index contributed by atoms with van der Waals surface area (Å²) in [4.78, 5) is 46.0. The maximum absolute atomic E-state index is 12.5. The molecule has 1 aliphatic rings. The SMILES string of the molecule is O=C(CCc1nc2ccccc2[nH]1)NCCN1C(=O)S/C(=C\c2ccccc2)C1=O. The van der Waals surface area contributed by atoms with E-state index in [0.717, 1.165) is 34.2 Å². The number of nitrogens with one attached hydrogen (secondary N) is 2. The van der Waals surface area contributed by atoms with Crippen LogP contribution in [0.2, 0.25) is 0 Å². The molecule has 0 spiro atoms. The lowest BCUT2D eigenvalue weighted by Gasteiger charge is -2.12. The molecule has 152 valence electrons. The first-order valence-electron chi connectivity index (χ1n) is 9.61. The van der Waals surface area contributed by atoms with Gasteiger partial charge in [0.15, 0.2) is 0 Å². The number of nitrogens with zero attached hydrogens (tertiary/aromatic N) is 2. The molecule has 0 atom stereocenters. The van der Waals surface area contributed by atoms with Gasteiger partial charge in [0.1, 0.15) is 5.82 Å². The third-order valence-electron chi connectivity index (χ3n) is 4.66.